The molecule has 27 heavy (non-hydrogen) atoms. The SMILES string of the molecule is O=S1CCN(S(=O)c2ccc3nc(Nc4cc(Cl)ccc4O)[nH]c3c2)CC1. The fourth-order valence-electron chi connectivity index (χ4n) is 2.83. The summed E-state index contributed by atoms with van der Waals surface area (Å²) in [6, 6.07) is 10.1. The number of hydrogen-bond donors (Lipinski definition) is 3. The number of imidazole rings is 1. The van der Waals surface area contributed by atoms with Crippen LogP contribution in [0.3, 0.4) is 0 Å². The van der Waals surface area contributed by atoms with Crippen molar-refractivity contribution in [2.45, 2.75) is 4.90 Å². The third kappa shape index (κ3) is 4.01. The monoisotopic (exact) mass is 424 g/mol. The number of nitrogens with one attached hydrogen (secondary N) is 2. The van der Waals surface area contributed by atoms with E-state index in [0.717, 1.165) is 5.52 Å². The molecule has 2 aromatic carbocycles. The van der Waals surface area contributed by atoms with E-state index in [1.807, 2.05) is 4.31 Å². The third-order valence-electron chi connectivity index (χ3n) is 4.24. The second-order valence-electron chi connectivity index (χ2n) is 6.08. The van der Waals surface area contributed by atoms with Crippen LogP contribution in [0.25, 0.3) is 11.0 Å². The van der Waals surface area contributed by atoms with E-state index in [0.29, 0.717) is 51.7 Å². The quantitative estimate of drug-likeness (QED) is 0.559. The van der Waals surface area contributed by atoms with Gasteiger partial charge >= 0.3 is 0 Å². The van der Waals surface area contributed by atoms with Crippen molar-refractivity contribution in [2.75, 3.05) is 29.9 Å². The van der Waals surface area contributed by atoms with Crippen molar-refractivity contribution < 1.29 is 13.5 Å². The number of H-pyrrole nitrogens is 1. The van der Waals surface area contributed by atoms with Gasteiger partial charge in [0.2, 0.25) is 5.95 Å². The van der Waals surface area contributed by atoms with Gasteiger partial charge in [0, 0.05) is 40.4 Å². The Labute approximate surface area is 165 Å². The lowest BCUT2D eigenvalue weighted by molar-refractivity contribution is 0.477. The topological polar surface area (TPSA) is 98.3 Å². The van der Waals surface area contributed by atoms with E-state index in [2.05, 4.69) is 15.3 Å². The summed E-state index contributed by atoms with van der Waals surface area (Å²) in [6.07, 6.45) is 0. The fraction of sp³-hybridized carbons (Fsp3) is 0.235. The Morgan fingerprint density at radius 1 is 1.22 bits per heavy atom. The molecule has 1 saturated heterocycles. The number of nitrogens with zero attached hydrogens (tertiary/aromatic N) is 2. The summed E-state index contributed by atoms with van der Waals surface area (Å²) in [5, 5.41) is 13.4. The van der Waals surface area contributed by atoms with Crippen LogP contribution >= 0.6 is 11.6 Å². The minimum absolute atomic E-state index is 0.0594. The molecule has 0 spiro atoms. The second-order valence-corrected chi connectivity index (χ2v) is 9.70. The van der Waals surface area contributed by atoms with Gasteiger partial charge in [-0.2, -0.15) is 0 Å². The van der Waals surface area contributed by atoms with Crippen molar-refractivity contribution in [3.63, 3.8) is 0 Å². The highest BCUT2D eigenvalue weighted by molar-refractivity contribution is 7.85. The maximum atomic E-state index is 12.8. The molecule has 4 rings (SSSR count). The first kappa shape index (κ1) is 18.4. The van der Waals surface area contributed by atoms with Crippen LogP contribution in [-0.4, -0.2) is 52.4 Å². The van der Waals surface area contributed by atoms with Gasteiger partial charge in [-0.1, -0.05) is 11.6 Å². The number of fused-ring (bicyclic) bond motifs is 1. The number of rotatable bonds is 4. The number of aromatic nitrogens is 2. The van der Waals surface area contributed by atoms with Crippen LogP contribution in [0.1, 0.15) is 0 Å². The van der Waals surface area contributed by atoms with Crippen LogP contribution in [0.5, 0.6) is 5.75 Å². The van der Waals surface area contributed by atoms with E-state index < -0.39 is 21.8 Å². The van der Waals surface area contributed by atoms with Gasteiger partial charge in [-0.25, -0.2) is 13.5 Å². The molecule has 1 aromatic heterocycles. The summed E-state index contributed by atoms with van der Waals surface area (Å²) in [4.78, 5) is 8.21. The van der Waals surface area contributed by atoms with E-state index in [4.69, 9.17) is 11.6 Å². The summed E-state index contributed by atoms with van der Waals surface area (Å²) in [7, 11) is -2.11. The van der Waals surface area contributed by atoms with E-state index in [-0.39, 0.29) is 5.75 Å². The number of aromatic amines is 1. The average Bonchev–Trinajstić information content (AvgIpc) is 3.06. The van der Waals surface area contributed by atoms with E-state index in [9.17, 15) is 13.5 Å². The molecule has 1 unspecified atom stereocenters. The van der Waals surface area contributed by atoms with Gasteiger partial charge in [-0.15, -0.1) is 0 Å². The van der Waals surface area contributed by atoms with E-state index >= 15 is 0 Å². The van der Waals surface area contributed by atoms with Crippen molar-refractivity contribution >= 4 is 56.1 Å². The molecule has 0 saturated carbocycles. The first-order chi connectivity index (χ1) is 13.0. The van der Waals surface area contributed by atoms with Crippen LogP contribution in [0.15, 0.2) is 41.3 Å². The summed E-state index contributed by atoms with van der Waals surface area (Å²) >= 11 is 5.96. The van der Waals surface area contributed by atoms with E-state index in [1.165, 1.54) is 6.07 Å². The summed E-state index contributed by atoms with van der Waals surface area (Å²) in [5.41, 5.74) is 1.87. The predicted octanol–water partition coefficient (Wildman–Crippen LogP) is 2.75. The summed E-state index contributed by atoms with van der Waals surface area (Å²) in [5.74, 6) is 1.60. The number of hydrogen-bond acceptors (Lipinski definition) is 5. The van der Waals surface area contributed by atoms with Gasteiger partial charge in [-0.05, 0) is 36.4 Å². The number of aromatic hydroxyl groups is 1. The van der Waals surface area contributed by atoms with Crippen LogP contribution in [-0.2, 0) is 21.8 Å². The third-order valence-corrected chi connectivity index (χ3v) is 7.24. The highest BCUT2D eigenvalue weighted by Gasteiger charge is 2.21. The Morgan fingerprint density at radius 3 is 2.78 bits per heavy atom. The van der Waals surface area contributed by atoms with Crippen LogP contribution < -0.4 is 5.32 Å². The molecule has 1 atom stereocenters. The predicted molar refractivity (Wildman–Crippen MR) is 108 cm³/mol. The zero-order valence-electron chi connectivity index (χ0n) is 14.1. The normalized spacial score (nSPS) is 17.2. The molecule has 1 aliphatic rings. The standard InChI is InChI=1S/C17H17ClN4O3S2/c18-11-1-4-16(23)15(9-11)21-17-19-13-3-2-12(10-14(13)20-17)27(25)22-5-7-26(24)8-6-22/h1-4,9-10,23H,5-8H2,(H2,19,20,21). The first-order valence-electron chi connectivity index (χ1n) is 8.27. The Morgan fingerprint density at radius 2 is 2.00 bits per heavy atom. The maximum absolute atomic E-state index is 12.8. The molecular weight excluding hydrogens is 408 g/mol. The van der Waals surface area contributed by atoms with Crippen LogP contribution in [0.2, 0.25) is 5.02 Å². The van der Waals surface area contributed by atoms with Crippen molar-refractivity contribution in [1.29, 1.82) is 0 Å². The van der Waals surface area contributed by atoms with Gasteiger partial charge < -0.3 is 15.4 Å². The molecule has 142 valence electrons. The van der Waals surface area contributed by atoms with Crippen molar-refractivity contribution in [3.05, 3.63) is 41.4 Å². The molecule has 1 aliphatic heterocycles. The molecular formula is C17H17ClN4O3S2. The Bertz CT molecular complexity index is 1050. The molecule has 0 aliphatic carbocycles. The second kappa shape index (κ2) is 7.59. The Balaban J connectivity index is 1.57. The molecule has 7 nitrogen and oxygen atoms in total. The molecule has 1 fully saturated rings. The van der Waals surface area contributed by atoms with E-state index in [1.54, 1.807) is 30.3 Å². The minimum atomic E-state index is -1.30. The van der Waals surface area contributed by atoms with Crippen molar-refractivity contribution in [3.8, 4) is 5.75 Å². The number of halogens is 1. The molecule has 3 N–H and O–H groups in total. The van der Waals surface area contributed by atoms with Gasteiger partial charge in [0.1, 0.15) is 16.7 Å². The average molecular weight is 425 g/mol. The van der Waals surface area contributed by atoms with Crippen molar-refractivity contribution in [1.82, 2.24) is 14.3 Å². The Kier molecular flexibility index (Phi) is 5.18. The Hall–Kier alpha value is -1.94. The minimum Gasteiger partial charge on any atom is -0.506 e. The van der Waals surface area contributed by atoms with Gasteiger partial charge in [-0.3, -0.25) is 4.21 Å². The van der Waals surface area contributed by atoms with Gasteiger partial charge in [0.15, 0.2) is 0 Å². The molecule has 0 radical (unpaired) electrons. The summed E-state index contributed by atoms with van der Waals surface area (Å²) < 4.78 is 26.1. The molecule has 0 bridgehead atoms. The van der Waals surface area contributed by atoms with Crippen molar-refractivity contribution in [2.24, 2.45) is 0 Å². The molecule has 2 heterocycles. The lowest BCUT2D eigenvalue weighted by Crippen LogP contribution is -2.38. The number of phenolic OH excluding ortho intramolecular Hbond substituents is 1. The van der Waals surface area contributed by atoms with Crippen LogP contribution in [0, 0.1) is 0 Å². The highest BCUT2D eigenvalue weighted by Crippen LogP contribution is 2.29. The maximum Gasteiger partial charge on any atom is 0.205 e. The number of anilines is 2. The fourth-order valence-corrected chi connectivity index (χ4v) is 5.50. The lowest BCUT2D eigenvalue weighted by atomic mass is 10.3. The van der Waals surface area contributed by atoms with Gasteiger partial charge in [0.25, 0.3) is 0 Å². The smallest absolute Gasteiger partial charge is 0.205 e. The zero-order chi connectivity index (χ0) is 19.0. The highest BCUT2D eigenvalue weighted by atomic mass is 35.5. The van der Waals surface area contributed by atoms with Crippen LogP contribution in [0.4, 0.5) is 11.6 Å². The first-order valence-corrected chi connectivity index (χ1v) is 11.2. The molecule has 0 amide bonds. The summed E-state index contributed by atoms with van der Waals surface area (Å²) in [6.45, 7) is 1.11. The molecule has 3 aromatic rings. The zero-order valence-corrected chi connectivity index (χ0v) is 16.5. The largest absolute Gasteiger partial charge is 0.506 e. The molecule has 10 heteroatoms. The lowest BCUT2D eigenvalue weighted by Gasteiger charge is -2.24. The number of phenols is 1. The van der Waals surface area contributed by atoms with Gasteiger partial charge in [0.05, 0.1) is 21.6 Å². The number of benzene rings is 2.